The van der Waals surface area contributed by atoms with Crippen LogP contribution in [0.15, 0.2) is 18.2 Å². The Hall–Kier alpha value is -1.92. The summed E-state index contributed by atoms with van der Waals surface area (Å²) in [5.74, 6) is -0.651. The van der Waals surface area contributed by atoms with Crippen molar-refractivity contribution in [3.8, 4) is 0 Å². The average Bonchev–Trinajstić information content (AvgIpc) is 2.46. The van der Waals surface area contributed by atoms with Crippen LogP contribution in [0, 0.1) is 0 Å². The fraction of sp³-hybridized carbons (Fsp3) is 0.385. The maximum absolute atomic E-state index is 11.8. The van der Waals surface area contributed by atoms with Crippen LogP contribution >= 0.6 is 0 Å². The van der Waals surface area contributed by atoms with Gasteiger partial charge in [-0.2, -0.15) is 0 Å². The molecule has 1 aliphatic heterocycles. The summed E-state index contributed by atoms with van der Waals surface area (Å²) in [6, 6.07) is 5.17. The normalized spacial score (nSPS) is 15.5. The molecule has 0 spiro atoms. The third kappa shape index (κ3) is 2.74. The highest BCUT2D eigenvalue weighted by Gasteiger charge is 2.25. The predicted octanol–water partition coefficient (Wildman–Crippen LogP) is 0.295. The second-order valence-corrected chi connectivity index (χ2v) is 4.15. The largest absolute Gasteiger partial charge is 0.465 e. The van der Waals surface area contributed by atoms with Crippen LogP contribution in [0.4, 0.5) is 5.69 Å². The van der Waals surface area contributed by atoms with Gasteiger partial charge in [0.1, 0.15) is 6.61 Å². The zero-order chi connectivity index (χ0) is 13.8. The predicted molar refractivity (Wildman–Crippen MR) is 68.8 cm³/mol. The van der Waals surface area contributed by atoms with Crippen LogP contribution < -0.4 is 10.6 Å². The van der Waals surface area contributed by atoms with Gasteiger partial charge in [-0.3, -0.25) is 4.79 Å². The van der Waals surface area contributed by atoms with Gasteiger partial charge in [0.05, 0.1) is 25.0 Å². The molecule has 0 atom stereocenters. The molecule has 0 saturated carbocycles. The van der Waals surface area contributed by atoms with E-state index in [0.29, 0.717) is 30.9 Å². The number of nitrogens with zero attached hydrogens (tertiary/aromatic N) is 1. The summed E-state index contributed by atoms with van der Waals surface area (Å²) in [6.07, 6.45) is 0. The molecule has 1 saturated heterocycles. The molecule has 0 aliphatic carbocycles. The second kappa shape index (κ2) is 5.81. The van der Waals surface area contributed by atoms with Crippen LogP contribution in [0.3, 0.4) is 0 Å². The summed E-state index contributed by atoms with van der Waals surface area (Å²) in [7, 11) is 1.31. The zero-order valence-corrected chi connectivity index (χ0v) is 10.7. The first-order valence-electron chi connectivity index (χ1n) is 5.96. The van der Waals surface area contributed by atoms with Gasteiger partial charge in [-0.1, -0.05) is 6.07 Å². The number of morpholine rings is 1. The lowest BCUT2D eigenvalue weighted by Crippen LogP contribution is -2.42. The van der Waals surface area contributed by atoms with E-state index in [1.807, 2.05) is 0 Å². The smallest absolute Gasteiger partial charge is 0.339 e. The molecule has 2 rings (SSSR count). The van der Waals surface area contributed by atoms with Crippen molar-refractivity contribution in [1.29, 1.82) is 0 Å². The van der Waals surface area contributed by atoms with Gasteiger partial charge in [0.2, 0.25) is 0 Å². The van der Waals surface area contributed by atoms with Crippen molar-refractivity contribution in [3.05, 3.63) is 29.3 Å². The van der Waals surface area contributed by atoms with Gasteiger partial charge in [0, 0.05) is 13.1 Å². The summed E-state index contributed by atoms with van der Waals surface area (Å²) in [6.45, 7) is 1.22. The molecule has 1 aliphatic rings. The molecule has 2 N–H and O–H groups in total. The molecule has 6 heteroatoms. The van der Waals surface area contributed by atoms with E-state index in [4.69, 9.17) is 15.2 Å². The Morgan fingerprint density at radius 2 is 2.32 bits per heavy atom. The van der Waals surface area contributed by atoms with Gasteiger partial charge >= 0.3 is 5.97 Å². The van der Waals surface area contributed by atoms with E-state index in [1.54, 1.807) is 18.2 Å². The summed E-state index contributed by atoms with van der Waals surface area (Å²) >= 11 is 0. The van der Waals surface area contributed by atoms with Crippen LogP contribution in [0.5, 0.6) is 0 Å². The number of methoxy groups -OCH3 is 1. The van der Waals surface area contributed by atoms with E-state index >= 15 is 0 Å². The molecule has 1 aromatic rings. The fourth-order valence-electron chi connectivity index (χ4n) is 1.99. The van der Waals surface area contributed by atoms with Gasteiger partial charge in [0.25, 0.3) is 5.91 Å². The van der Waals surface area contributed by atoms with Crippen molar-refractivity contribution in [2.75, 3.05) is 31.8 Å². The number of hydrogen-bond acceptors (Lipinski definition) is 5. The van der Waals surface area contributed by atoms with E-state index < -0.39 is 5.97 Å². The molecular formula is C13H16N2O4. The van der Waals surface area contributed by atoms with Crippen LogP contribution in [-0.2, 0) is 20.8 Å². The van der Waals surface area contributed by atoms with E-state index in [2.05, 4.69) is 0 Å². The first kappa shape index (κ1) is 13.5. The fourth-order valence-corrected chi connectivity index (χ4v) is 1.99. The van der Waals surface area contributed by atoms with Crippen molar-refractivity contribution >= 4 is 17.6 Å². The topological polar surface area (TPSA) is 81.9 Å². The van der Waals surface area contributed by atoms with Crippen LogP contribution in [0.2, 0.25) is 0 Å². The molecule has 0 unspecified atom stereocenters. The molecular weight excluding hydrogens is 248 g/mol. The Morgan fingerprint density at radius 1 is 1.53 bits per heavy atom. The molecule has 1 amide bonds. The molecule has 0 radical (unpaired) electrons. The Kier molecular flexibility index (Phi) is 4.13. The Morgan fingerprint density at radius 3 is 2.95 bits per heavy atom. The van der Waals surface area contributed by atoms with Crippen molar-refractivity contribution in [3.63, 3.8) is 0 Å². The van der Waals surface area contributed by atoms with Gasteiger partial charge in [-0.25, -0.2) is 4.79 Å². The minimum atomic E-state index is -0.482. The van der Waals surface area contributed by atoms with E-state index in [0.717, 1.165) is 5.56 Å². The third-order valence-electron chi connectivity index (χ3n) is 2.98. The highest BCUT2D eigenvalue weighted by molar-refractivity contribution is 6.03. The number of nitrogens with two attached hydrogens (primary N) is 1. The maximum Gasteiger partial charge on any atom is 0.339 e. The number of ether oxygens (including phenoxy) is 2. The zero-order valence-electron chi connectivity index (χ0n) is 10.7. The standard InChI is InChI=1S/C13H16N2O4/c1-18-13(17)10-6-9(7-14)2-3-11(10)15-4-5-19-8-12(15)16/h2-3,6H,4-5,7-8,14H2,1H3. The number of carbonyl (C=O) groups is 2. The van der Waals surface area contributed by atoms with Gasteiger partial charge in [-0.05, 0) is 17.7 Å². The summed E-state index contributed by atoms with van der Waals surface area (Å²) < 4.78 is 9.83. The lowest BCUT2D eigenvalue weighted by Gasteiger charge is -2.28. The number of esters is 1. The van der Waals surface area contributed by atoms with Crippen LogP contribution in [-0.4, -0.2) is 38.7 Å². The molecule has 1 heterocycles. The number of hydrogen-bond donors (Lipinski definition) is 1. The van der Waals surface area contributed by atoms with E-state index in [-0.39, 0.29) is 12.5 Å². The van der Waals surface area contributed by atoms with Gasteiger partial charge in [-0.15, -0.1) is 0 Å². The van der Waals surface area contributed by atoms with Crippen molar-refractivity contribution in [2.24, 2.45) is 5.73 Å². The van der Waals surface area contributed by atoms with Crippen molar-refractivity contribution < 1.29 is 19.1 Å². The molecule has 1 aromatic carbocycles. The summed E-state index contributed by atoms with van der Waals surface area (Å²) in [5.41, 5.74) is 7.26. The Bertz CT molecular complexity index is 501. The molecule has 0 aromatic heterocycles. The van der Waals surface area contributed by atoms with E-state index in [1.165, 1.54) is 12.0 Å². The van der Waals surface area contributed by atoms with E-state index in [9.17, 15) is 9.59 Å². The van der Waals surface area contributed by atoms with Crippen LogP contribution in [0.1, 0.15) is 15.9 Å². The van der Waals surface area contributed by atoms with Crippen LogP contribution in [0.25, 0.3) is 0 Å². The SMILES string of the molecule is COC(=O)c1cc(CN)ccc1N1CCOCC1=O. The highest BCUT2D eigenvalue weighted by Crippen LogP contribution is 2.24. The number of rotatable bonds is 3. The molecule has 102 valence electrons. The number of anilines is 1. The molecule has 6 nitrogen and oxygen atoms in total. The second-order valence-electron chi connectivity index (χ2n) is 4.15. The maximum atomic E-state index is 11.8. The molecule has 1 fully saturated rings. The van der Waals surface area contributed by atoms with Crippen molar-refractivity contribution in [1.82, 2.24) is 0 Å². The number of amides is 1. The first-order chi connectivity index (χ1) is 9.17. The highest BCUT2D eigenvalue weighted by atomic mass is 16.5. The average molecular weight is 264 g/mol. The minimum absolute atomic E-state index is 0.0270. The molecule has 19 heavy (non-hydrogen) atoms. The summed E-state index contributed by atoms with van der Waals surface area (Å²) in [5, 5.41) is 0. The number of carbonyl (C=O) groups excluding carboxylic acids is 2. The Labute approximate surface area is 111 Å². The number of benzene rings is 1. The van der Waals surface area contributed by atoms with Gasteiger partial charge < -0.3 is 20.1 Å². The first-order valence-corrected chi connectivity index (χ1v) is 5.96. The van der Waals surface area contributed by atoms with Gasteiger partial charge in [0.15, 0.2) is 0 Å². The minimum Gasteiger partial charge on any atom is -0.465 e. The van der Waals surface area contributed by atoms with Crippen molar-refractivity contribution in [2.45, 2.75) is 6.54 Å². The quantitative estimate of drug-likeness (QED) is 0.794. The monoisotopic (exact) mass is 264 g/mol. The lowest BCUT2D eigenvalue weighted by atomic mass is 10.1. The third-order valence-corrected chi connectivity index (χ3v) is 2.98. The molecule has 0 bridgehead atoms. The lowest BCUT2D eigenvalue weighted by molar-refractivity contribution is -0.125. The summed E-state index contributed by atoms with van der Waals surface area (Å²) in [4.78, 5) is 25.2. The Balaban J connectivity index is 2.43.